The van der Waals surface area contributed by atoms with Gasteiger partial charge in [-0.05, 0) is 37.5 Å². The maximum Gasteiger partial charge on any atom is 0.317 e. The summed E-state index contributed by atoms with van der Waals surface area (Å²) in [7, 11) is 0. The van der Waals surface area contributed by atoms with Gasteiger partial charge in [0.1, 0.15) is 11.6 Å². The summed E-state index contributed by atoms with van der Waals surface area (Å²) < 4.78 is 14.0. The van der Waals surface area contributed by atoms with Gasteiger partial charge < -0.3 is 15.1 Å². The first-order valence-corrected chi connectivity index (χ1v) is 13.0. The molecule has 2 aliphatic rings. The van der Waals surface area contributed by atoms with Crippen LogP contribution in [0.3, 0.4) is 0 Å². The highest BCUT2D eigenvalue weighted by atomic mass is 19.1. The number of amides is 2. The third-order valence-corrected chi connectivity index (χ3v) is 7.30. The molecule has 7 heteroatoms. The Balaban J connectivity index is 1.38. The van der Waals surface area contributed by atoms with Crippen LogP contribution in [0.25, 0.3) is 11.4 Å². The Morgan fingerprint density at radius 3 is 2.44 bits per heavy atom. The minimum Gasteiger partial charge on any atom is -0.353 e. The van der Waals surface area contributed by atoms with E-state index in [2.05, 4.69) is 22.3 Å². The van der Waals surface area contributed by atoms with Crippen LogP contribution in [0.15, 0.2) is 54.6 Å². The van der Waals surface area contributed by atoms with Crippen molar-refractivity contribution in [2.75, 3.05) is 31.1 Å². The highest BCUT2D eigenvalue weighted by molar-refractivity contribution is 5.75. The summed E-state index contributed by atoms with van der Waals surface area (Å²) in [4.78, 5) is 26.8. The molecule has 188 valence electrons. The Hall–Kier alpha value is -3.48. The maximum absolute atomic E-state index is 14.0. The predicted octanol–water partition coefficient (Wildman–Crippen LogP) is 5.35. The predicted molar refractivity (Wildman–Crippen MR) is 141 cm³/mol. The van der Waals surface area contributed by atoms with Gasteiger partial charge in [0.15, 0.2) is 5.82 Å². The van der Waals surface area contributed by atoms with Crippen LogP contribution in [0.1, 0.15) is 48.9 Å². The third-order valence-electron chi connectivity index (χ3n) is 7.30. The molecule has 1 N–H and O–H groups in total. The summed E-state index contributed by atoms with van der Waals surface area (Å²) in [5, 5.41) is 3.24. The average Bonchev–Trinajstić information content (AvgIpc) is 2.91. The number of nitrogens with zero attached hydrogens (tertiary/aromatic N) is 4. The van der Waals surface area contributed by atoms with E-state index in [4.69, 9.17) is 9.97 Å². The lowest BCUT2D eigenvalue weighted by atomic mass is 9.96. The topological polar surface area (TPSA) is 61.4 Å². The second kappa shape index (κ2) is 11.1. The molecule has 5 rings (SSSR count). The summed E-state index contributed by atoms with van der Waals surface area (Å²) in [5.41, 5.74) is 3.81. The molecule has 2 heterocycles. The molecule has 0 spiro atoms. The minimum atomic E-state index is -0.304. The van der Waals surface area contributed by atoms with Crippen LogP contribution in [0.4, 0.5) is 15.0 Å². The molecule has 2 fully saturated rings. The molecular weight excluding hydrogens is 453 g/mol. The Morgan fingerprint density at radius 2 is 1.72 bits per heavy atom. The molecule has 0 radical (unpaired) electrons. The van der Waals surface area contributed by atoms with E-state index in [9.17, 15) is 9.18 Å². The second-order valence-corrected chi connectivity index (χ2v) is 9.87. The number of aryl methyl sites for hydroxylation is 1. The standard InChI is InChI=1S/C29H34FN5O/c1-21-26(19-22-9-4-2-5-10-22)28(33-27(31-21)23-11-8-12-24(30)20-23)34-15-17-35(18-16-34)29(36)32-25-13-6-3-7-14-25/h2,4-5,8-12,20,25H,3,6-7,13-19H2,1H3,(H,32,36). The van der Waals surface area contributed by atoms with Crippen molar-refractivity contribution in [2.45, 2.75) is 51.5 Å². The zero-order valence-electron chi connectivity index (χ0n) is 20.9. The molecule has 0 atom stereocenters. The van der Waals surface area contributed by atoms with E-state index in [0.29, 0.717) is 50.0 Å². The first-order valence-electron chi connectivity index (χ1n) is 13.0. The summed E-state index contributed by atoms with van der Waals surface area (Å²) >= 11 is 0. The molecule has 1 saturated carbocycles. The van der Waals surface area contributed by atoms with Crippen molar-refractivity contribution in [3.63, 3.8) is 0 Å². The van der Waals surface area contributed by atoms with Gasteiger partial charge in [-0.25, -0.2) is 19.2 Å². The molecular formula is C29H34FN5O. The number of rotatable bonds is 5. The Labute approximate surface area is 212 Å². The molecule has 2 amide bonds. The van der Waals surface area contributed by atoms with E-state index in [-0.39, 0.29) is 11.8 Å². The number of halogens is 1. The van der Waals surface area contributed by atoms with Crippen molar-refractivity contribution < 1.29 is 9.18 Å². The molecule has 0 bridgehead atoms. The third kappa shape index (κ3) is 5.66. The molecule has 3 aromatic rings. The molecule has 1 aromatic heterocycles. The van der Waals surface area contributed by atoms with E-state index in [1.165, 1.54) is 37.0 Å². The van der Waals surface area contributed by atoms with Crippen LogP contribution in [-0.2, 0) is 6.42 Å². The second-order valence-electron chi connectivity index (χ2n) is 9.87. The number of carbonyl (C=O) groups excluding carboxylic acids is 1. The van der Waals surface area contributed by atoms with Crippen molar-refractivity contribution in [3.8, 4) is 11.4 Å². The fourth-order valence-electron chi connectivity index (χ4n) is 5.24. The maximum atomic E-state index is 14.0. The Morgan fingerprint density at radius 1 is 0.972 bits per heavy atom. The smallest absolute Gasteiger partial charge is 0.317 e. The van der Waals surface area contributed by atoms with Crippen molar-refractivity contribution in [1.29, 1.82) is 0 Å². The Kier molecular flexibility index (Phi) is 7.44. The highest BCUT2D eigenvalue weighted by Gasteiger charge is 2.27. The van der Waals surface area contributed by atoms with Gasteiger partial charge in [0, 0.05) is 55.5 Å². The number of urea groups is 1. The van der Waals surface area contributed by atoms with Gasteiger partial charge in [0.25, 0.3) is 0 Å². The fourth-order valence-corrected chi connectivity index (χ4v) is 5.24. The van der Waals surface area contributed by atoms with Crippen LogP contribution >= 0.6 is 0 Å². The van der Waals surface area contributed by atoms with E-state index in [1.54, 1.807) is 6.07 Å². The average molecular weight is 488 g/mol. The monoisotopic (exact) mass is 487 g/mol. The fraction of sp³-hybridized carbons (Fsp3) is 0.414. The molecule has 6 nitrogen and oxygen atoms in total. The van der Waals surface area contributed by atoms with Crippen LogP contribution < -0.4 is 10.2 Å². The normalized spacial score (nSPS) is 16.7. The van der Waals surface area contributed by atoms with Crippen LogP contribution in [-0.4, -0.2) is 53.1 Å². The van der Waals surface area contributed by atoms with Crippen molar-refractivity contribution in [3.05, 3.63) is 77.2 Å². The number of nitrogens with one attached hydrogen (secondary N) is 1. The lowest BCUT2D eigenvalue weighted by Crippen LogP contribution is -2.54. The number of benzene rings is 2. The molecule has 1 aliphatic heterocycles. The molecule has 2 aromatic carbocycles. The van der Waals surface area contributed by atoms with Crippen LogP contribution in [0.2, 0.25) is 0 Å². The molecule has 1 aliphatic carbocycles. The summed E-state index contributed by atoms with van der Waals surface area (Å²) in [6, 6.07) is 17.1. The number of hydrogen-bond donors (Lipinski definition) is 1. The number of aromatic nitrogens is 2. The SMILES string of the molecule is Cc1nc(-c2cccc(F)c2)nc(N2CCN(C(=O)NC3CCCCC3)CC2)c1Cc1ccccc1. The summed E-state index contributed by atoms with van der Waals surface area (Å²) in [6.45, 7) is 4.67. The van der Waals surface area contributed by atoms with Crippen molar-refractivity contribution in [1.82, 2.24) is 20.2 Å². The lowest BCUT2D eigenvalue weighted by molar-refractivity contribution is 0.186. The van der Waals surface area contributed by atoms with Gasteiger partial charge in [0.2, 0.25) is 0 Å². The zero-order valence-corrected chi connectivity index (χ0v) is 20.9. The van der Waals surface area contributed by atoms with E-state index >= 15 is 0 Å². The van der Waals surface area contributed by atoms with E-state index in [1.807, 2.05) is 36.1 Å². The van der Waals surface area contributed by atoms with Gasteiger partial charge in [-0.2, -0.15) is 0 Å². The summed E-state index contributed by atoms with van der Waals surface area (Å²) in [6.07, 6.45) is 6.54. The quantitative estimate of drug-likeness (QED) is 0.527. The van der Waals surface area contributed by atoms with E-state index in [0.717, 1.165) is 29.9 Å². The number of anilines is 1. The lowest BCUT2D eigenvalue weighted by Gasteiger charge is -2.37. The molecule has 36 heavy (non-hydrogen) atoms. The van der Waals surface area contributed by atoms with Gasteiger partial charge in [-0.15, -0.1) is 0 Å². The highest BCUT2D eigenvalue weighted by Crippen LogP contribution is 2.28. The van der Waals surface area contributed by atoms with Crippen molar-refractivity contribution >= 4 is 11.8 Å². The van der Waals surface area contributed by atoms with Crippen LogP contribution in [0, 0.1) is 12.7 Å². The number of carbonyl (C=O) groups is 1. The van der Waals surface area contributed by atoms with Gasteiger partial charge in [-0.3, -0.25) is 0 Å². The number of hydrogen-bond acceptors (Lipinski definition) is 4. The van der Waals surface area contributed by atoms with Crippen molar-refractivity contribution in [2.24, 2.45) is 0 Å². The zero-order chi connectivity index (χ0) is 24.9. The van der Waals surface area contributed by atoms with Gasteiger partial charge in [-0.1, -0.05) is 61.7 Å². The summed E-state index contributed by atoms with van der Waals surface area (Å²) in [5.74, 6) is 1.09. The molecule has 0 unspecified atom stereocenters. The van der Waals surface area contributed by atoms with Gasteiger partial charge in [0.05, 0.1) is 0 Å². The largest absolute Gasteiger partial charge is 0.353 e. The number of piperazine rings is 1. The first-order chi connectivity index (χ1) is 17.6. The van der Waals surface area contributed by atoms with Gasteiger partial charge >= 0.3 is 6.03 Å². The molecule has 1 saturated heterocycles. The van der Waals surface area contributed by atoms with E-state index < -0.39 is 0 Å². The minimum absolute atomic E-state index is 0.0466. The van der Waals surface area contributed by atoms with Crippen LogP contribution in [0.5, 0.6) is 0 Å². The first kappa shape index (κ1) is 24.2. The Bertz CT molecular complexity index is 1190.